The molecule has 0 amide bonds. The van der Waals surface area contributed by atoms with Crippen LogP contribution in [-0.4, -0.2) is 15.7 Å². The highest BCUT2D eigenvalue weighted by molar-refractivity contribution is 7.99. The number of hydrogen-bond donors (Lipinski definition) is 1. The molecule has 0 unspecified atom stereocenters. The van der Waals surface area contributed by atoms with Crippen molar-refractivity contribution < 1.29 is 0 Å². The molecule has 5 heteroatoms. The molecule has 2 aromatic rings. The van der Waals surface area contributed by atoms with E-state index in [9.17, 15) is 0 Å². The molecule has 0 aliphatic heterocycles. The van der Waals surface area contributed by atoms with Gasteiger partial charge in [0, 0.05) is 18.1 Å². The van der Waals surface area contributed by atoms with Gasteiger partial charge in [-0.05, 0) is 28.8 Å². The van der Waals surface area contributed by atoms with Crippen molar-refractivity contribution in [2.45, 2.75) is 11.4 Å². The summed E-state index contributed by atoms with van der Waals surface area (Å²) in [6.45, 7) is 0. The van der Waals surface area contributed by atoms with Gasteiger partial charge >= 0.3 is 0 Å². The van der Waals surface area contributed by atoms with Gasteiger partial charge < -0.3 is 5.73 Å². The van der Waals surface area contributed by atoms with Gasteiger partial charge in [-0.1, -0.05) is 0 Å². The fourth-order valence-electron chi connectivity index (χ4n) is 1.15. The zero-order chi connectivity index (χ0) is 10.5. The van der Waals surface area contributed by atoms with Gasteiger partial charge in [-0.3, -0.25) is 0 Å². The highest BCUT2D eigenvalue weighted by Gasteiger charge is 2.01. The fraction of sp³-hybridized carbons (Fsp3) is 0.200. The molecule has 0 aliphatic carbocycles. The van der Waals surface area contributed by atoms with Gasteiger partial charge in [-0.25, -0.2) is 9.97 Å². The summed E-state index contributed by atoms with van der Waals surface area (Å²) in [4.78, 5) is 8.17. The Morgan fingerprint density at radius 3 is 2.93 bits per heavy atom. The second-order valence-electron chi connectivity index (χ2n) is 2.98. The normalized spacial score (nSPS) is 10.4. The van der Waals surface area contributed by atoms with Crippen LogP contribution in [-0.2, 0) is 6.42 Å². The van der Waals surface area contributed by atoms with Crippen LogP contribution >= 0.6 is 23.1 Å². The Kier molecular flexibility index (Phi) is 3.58. The van der Waals surface area contributed by atoms with E-state index >= 15 is 0 Å². The van der Waals surface area contributed by atoms with E-state index in [0.717, 1.165) is 17.2 Å². The molecule has 0 saturated carbocycles. The van der Waals surface area contributed by atoms with Crippen molar-refractivity contribution in [3.63, 3.8) is 0 Å². The van der Waals surface area contributed by atoms with Crippen LogP contribution in [0.1, 0.15) is 5.56 Å². The summed E-state index contributed by atoms with van der Waals surface area (Å²) in [5.41, 5.74) is 7.06. The van der Waals surface area contributed by atoms with Crippen molar-refractivity contribution in [2.24, 2.45) is 0 Å². The van der Waals surface area contributed by atoms with E-state index in [2.05, 4.69) is 26.8 Å². The Balaban J connectivity index is 1.86. The summed E-state index contributed by atoms with van der Waals surface area (Å²) >= 11 is 3.38. The first-order chi connectivity index (χ1) is 7.36. The van der Waals surface area contributed by atoms with Crippen LogP contribution in [0.2, 0.25) is 0 Å². The molecule has 15 heavy (non-hydrogen) atoms. The molecule has 0 atom stereocenters. The van der Waals surface area contributed by atoms with E-state index < -0.39 is 0 Å². The number of nitrogen functional groups attached to an aromatic ring is 1. The van der Waals surface area contributed by atoms with Crippen LogP contribution in [0.5, 0.6) is 0 Å². The molecule has 3 nitrogen and oxygen atoms in total. The minimum Gasteiger partial charge on any atom is -0.381 e. The number of aromatic nitrogens is 2. The number of aryl methyl sites for hydroxylation is 1. The number of thiophene rings is 1. The second kappa shape index (κ2) is 5.14. The zero-order valence-corrected chi connectivity index (χ0v) is 9.72. The van der Waals surface area contributed by atoms with Crippen LogP contribution in [0.25, 0.3) is 0 Å². The van der Waals surface area contributed by atoms with Crippen LogP contribution in [0, 0.1) is 0 Å². The molecule has 2 N–H and O–H groups in total. The van der Waals surface area contributed by atoms with Crippen LogP contribution in [0.4, 0.5) is 5.82 Å². The molecule has 2 heterocycles. The SMILES string of the molecule is Nc1nccnc1SCCc1ccsc1. The lowest BCUT2D eigenvalue weighted by Gasteiger charge is -2.01. The molecular formula is C10H11N3S2. The van der Waals surface area contributed by atoms with Crippen molar-refractivity contribution in [3.05, 3.63) is 34.8 Å². The van der Waals surface area contributed by atoms with E-state index in [1.165, 1.54) is 5.56 Å². The lowest BCUT2D eigenvalue weighted by Crippen LogP contribution is -1.96. The lowest BCUT2D eigenvalue weighted by molar-refractivity contribution is 1.06. The Hall–Kier alpha value is -1.07. The van der Waals surface area contributed by atoms with Crippen molar-refractivity contribution in [3.8, 4) is 0 Å². The van der Waals surface area contributed by atoms with E-state index in [-0.39, 0.29) is 0 Å². The van der Waals surface area contributed by atoms with Crippen LogP contribution in [0.3, 0.4) is 0 Å². The monoisotopic (exact) mass is 237 g/mol. The molecule has 0 aromatic carbocycles. The quantitative estimate of drug-likeness (QED) is 0.830. The maximum Gasteiger partial charge on any atom is 0.156 e. The summed E-state index contributed by atoms with van der Waals surface area (Å²) in [6.07, 6.45) is 4.33. The number of rotatable bonds is 4. The predicted molar refractivity (Wildman–Crippen MR) is 65.2 cm³/mol. The topological polar surface area (TPSA) is 51.8 Å². The molecule has 2 rings (SSSR count). The van der Waals surface area contributed by atoms with Crippen molar-refractivity contribution >= 4 is 28.9 Å². The first-order valence-electron chi connectivity index (χ1n) is 4.56. The molecule has 0 aliphatic rings. The molecular weight excluding hydrogens is 226 g/mol. The standard InChI is InChI=1S/C10H11N3S2/c11-9-10(13-4-3-12-9)15-6-2-8-1-5-14-7-8/h1,3-5,7H,2,6H2,(H2,11,12). The molecule has 0 spiro atoms. The summed E-state index contributed by atoms with van der Waals surface area (Å²) in [7, 11) is 0. The highest BCUT2D eigenvalue weighted by Crippen LogP contribution is 2.21. The van der Waals surface area contributed by atoms with Crippen molar-refractivity contribution in [1.29, 1.82) is 0 Å². The predicted octanol–water partition coefficient (Wildman–Crippen LogP) is 2.46. The van der Waals surface area contributed by atoms with Gasteiger partial charge in [-0.15, -0.1) is 11.8 Å². The van der Waals surface area contributed by atoms with E-state index in [1.54, 1.807) is 35.5 Å². The third-order valence-corrected chi connectivity index (χ3v) is 3.63. The second-order valence-corrected chi connectivity index (χ2v) is 4.84. The first-order valence-corrected chi connectivity index (χ1v) is 6.49. The fourth-order valence-corrected chi connectivity index (χ4v) is 2.72. The number of nitrogens with two attached hydrogens (primary N) is 1. The molecule has 78 valence electrons. The molecule has 0 radical (unpaired) electrons. The van der Waals surface area contributed by atoms with E-state index in [1.807, 2.05) is 0 Å². The number of hydrogen-bond acceptors (Lipinski definition) is 5. The van der Waals surface area contributed by atoms with Crippen molar-refractivity contribution in [2.75, 3.05) is 11.5 Å². The Bertz CT molecular complexity index is 414. The Morgan fingerprint density at radius 1 is 1.33 bits per heavy atom. The average Bonchev–Trinajstić information content (AvgIpc) is 2.74. The number of nitrogens with zero attached hydrogens (tertiary/aromatic N) is 2. The summed E-state index contributed by atoms with van der Waals surface area (Å²) < 4.78 is 0. The largest absolute Gasteiger partial charge is 0.381 e. The summed E-state index contributed by atoms with van der Waals surface area (Å²) in [6, 6.07) is 2.14. The van der Waals surface area contributed by atoms with Crippen LogP contribution < -0.4 is 5.73 Å². The third-order valence-electron chi connectivity index (χ3n) is 1.90. The van der Waals surface area contributed by atoms with Gasteiger partial charge in [0.05, 0.1) is 0 Å². The third kappa shape index (κ3) is 2.94. The number of anilines is 1. The maximum absolute atomic E-state index is 5.69. The van der Waals surface area contributed by atoms with Gasteiger partial charge in [-0.2, -0.15) is 11.3 Å². The number of thioether (sulfide) groups is 1. The van der Waals surface area contributed by atoms with E-state index in [0.29, 0.717) is 5.82 Å². The van der Waals surface area contributed by atoms with E-state index in [4.69, 9.17) is 5.73 Å². The Morgan fingerprint density at radius 2 is 2.20 bits per heavy atom. The maximum atomic E-state index is 5.69. The molecule has 0 fully saturated rings. The smallest absolute Gasteiger partial charge is 0.156 e. The minimum absolute atomic E-state index is 0.521. The van der Waals surface area contributed by atoms with Crippen molar-refractivity contribution in [1.82, 2.24) is 9.97 Å². The van der Waals surface area contributed by atoms with Gasteiger partial charge in [0.15, 0.2) is 5.82 Å². The summed E-state index contributed by atoms with van der Waals surface area (Å²) in [5.74, 6) is 1.51. The Labute approximate surface area is 96.8 Å². The molecule has 2 aromatic heterocycles. The van der Waals surface area contributed by atoms with Crippen LogP contribution in [0.15, 0.2) is 34.2 Å². The van der Waals surface area contributed by atoms with Gasteiger partial charge in [0.1, 0.15) is 5.03 Å². The lowest BCUT2D eigenvalue weighted by atomic mass is 10.3. The molecule has 0 saturated heterocycles. The minimum atomic E-state index is 0.521. The zero-order valence-electron chi connectivity index (χ0n) is 8.09. The summed E-state index contributed by atoms with van der Waals surface area (Å²) in [5, 5.41) is 5.09. The average molecular weight is 237 g/mol. The first kappa shape index (κ1) is 10.4. The van der Waals surface area contributed by atoms with Gasteiger partial charge in [0.2, 0.25) is 0 Å². The molecule has 0 bridgehead atoms. The highest BCUT2D eigenvalue weighted by atomic mass is 32.2. The van der Waals surface area contributed by atoms with Gasteiger partial charge in [0.25, 0.3) is 0 Å².